The Hall–Kier alpha value is -2.85. The Morgan fingerprint density at radius 1 is 1.10 bits per heavy atom. The molecule has 0 atom stereocenters. The summed E-state index contributed by atoms with van der Waals surface area (Å²) in [6.45, 7) is 3.99. The molecule has 0 unspecified atom stereocenters. The number of sulfonamides is 1. The Morgan fingerprint density at radius 2 is 1.80 bits per heavy atom. The van der Waals surface area contributed by atoms with Crippen molar-refractivity contribution in [3.8, 4) is 5.75 Å². The molecule has 1 aromatic heterocycles. The SMILES string of the molecule is Cc1cc(C)cc(OCc2nc(CCN(C)S(=O)(=O)c3ccc(F)cc3F)no2)c1. The molecule has 10 heteroatoms. The normalized spacial score (nSPS) is 11.8. The van der Waals surface area contributed by atoms with Gasteiger partial charge in [0.1, 0.15) is 22.3 Å². The number of likely N-dealkylation sites (N-methyl/N-ethyl adjacent to an activating group) is 1. The highest BCUT2D eigenvalue weighted by Gasteiger charge is 2.25. The van der Waals surface area contributed by atoms with Crippen LogP contribution in [-0.4, -0.2) is 36.5 Å². The van der Waals surface area contributed by atoms with Gasteiger partial charge in [-0.25, -0.2) is 21.5 Å². The van der Waals surface area contributed by atoms with Crippen molar-refractivity contribution in [2.24, 2.45) is 0 Å². The van der Waals surface area contributed by atoms with E-state index in [1.54, 1.807) is 0 Å². The maximum Gasteiger partial charge on any atom is 0.264 e. The molecule has 160 valence electrons. The van der Waals surface area contributed by atoms with Crippen molar-refractivity contribution in [2.45, 2.75) is 31.8 Å². The zero-order chi connectivity index (χ0) is 21.9. The van der Waals surface area contributed by atoms with Crippen molar-refractivity contribution in [1.82, 2.24) is 14.4 Å². The second-order valence-electron chi connectivity index (χ2n) is 6.87. The number of hydrogen-bond donors (Lipinski definition) is 0. The van der Waals surface area contributed by atoms with Crippen LogP contribution in [0.5, 0.6) is 5.75 Å². The molecule has 0 saturated carbocycles. The van der Waals surface area contributed by atoms with Crippen LogP contribution in [0.1, 0.15) is 22.8 Å². The van der Waals surface area contributed by atoms with E-state index >= 15 is 0 Å². The van der Waals surface area contributed by atoms with Crippen LogP contribution in [0.3, 0.4) is 0 Å². The first kappa shape index (κ1) is 21.8. The summed E-state index contributed by atoms with van der Waals surface area (Å²) in [7, 11) is -2.83. The summed E-state index contributed by atoms with van der Waals surface area (Å²) in [4.78, 5) is 3.58. The fourth-order valence-electron chi connectivity index (χ4n) is 2.84. The standard InChI is InChI=1S/C20H21F2N3O4S/c1-13-8-14(2)10-16(9-13)28-12-20-23-19(24-29-20)6-7-25(3)30(26,27)18-5-4-15(21)11-17(18)22/h4-5,8-11H,6-7,12H2,1-3H3. The molecule has 1 heterocycles. The Kier molecular flexibility index (Phi) is 6.47. The van der Waals surface area contributed by atoms with Crippen molar-refractivity contribution >= 4 is 10.0 Å². The van der Waals surface area contributed by atoms with Crippen LogP contribution in [0.25, 0.3) is 0 Å². The van der Waals surface area contributed by atoms with E-state index < -0.39 is 26.6 Å². The second kappa shape index (κ2) is 8.88. The van der Waals surface area contributed by atoms with Gasteiger partial charge in [0.15, 0.2) is 12.4 Å². The van der Waals surface area contributed by atoms with Gasteiger partial charge in [0.25, 0.3) is 5.89 Å². The van der Waals surface area contributed by atoms with E-state index in [1.165, 1.54) is 7.05 Å². The van der Waals surface area contributed by atoms with E-state index in [-0.39, 0.29) is 31.3 Å². The van der Waals surface area contributed by atoms with Crippen molar-refractivity contribution in [3.05, 3.63) is 70.9 Å². The Bertz CT molecular complexity index is 1130. The molecule has 0 bridgehead atoms. The van der Waals surface area contributed by atoms with Gasteiger partial charge in [0, 0.05) is 26.1 Å². The lowest BCUT2D eigenvalue weighted by atomic mass is 10.1. The summed E-state index contributed by atoms with van der Waals surface area (Å²) in [5.74, 6) is -0.780. The minimum absolute atomic E-state index is 0.0178. The molecule has 0 aliphatic heterocycles. The van der Waals surface area contributed by atoms with E-state index in [0.717, 1.165) is 27.6 Å². The zero-order valence-corrected chi connectivity index (χ0v) is 17.5. The van der Waals surface area contributed by atoms with Gasteiger partial charge >= 0.3 is 0 Å². The molecule has 0 fully saturated rings. The Morgan fingerprint density at radius 3 is 2.47 bits per heavy atom. The summed E-state index contributed by atoms with van der Waals surface area (Å²) in [6, 6.07) is 8.12. The summed E-state index contributed by atoms with van der Waals surface area (Å²) in [5, 5.41) is 3.81. The van der Waals surface area contributed by atoms with Crippen LogP contribution in [0.15, 0.2) is 45.8 Å². The third kappa shape index (κ3) is 5.19. The average Bonchev–Trinajstić information content (AvgIpc) is 3.11. The first-order valence-corrected chi connectivity index (χ1v) is 10.5. The van der Waals surface area contributed by atoms with Gasteiger partial charge in [0.2, 0.25) is 10.0 Å². The Labute approximate surface area is 173 Å². The molecule has 0 aliphatic carbocycles. The number of nitrogens with zero attached hydrogens (tertiary/aromatic N) is 3. The molecule has 0 spiro atoms. The molecule has 0 saturated heterocycles. The molecule has 0 amide bonds. The number of halogens is 2. The van der Waals surface area contributed by atoms with E-state index in [2.05, 4.69) is 10.1 Å². The van der Waals surface area contributed by atoms with Gasteiger partial charge in [-0.15, -0.1) is 0 Å². The molecule has 3 aromatic rings. The van der Waals surface area contributed by atoms with E-state index in [1.807, 2.05) is 32.0 Å². The largest absolute Gasteiger partial charge is 0.484 e. The van der Waals surface area contributed by atoms with Crippen LogP contribution >= 0.6 is 0 Å². The van der Waals surface area contributed by atoms with Gasteiger partial charge in [-0.2, -0.15) is 4.98 Å². The van der Waals surface area contributed by atoms with Crippen molar-refractivity contribution in [1.29, 1.82) is 0 Å². The fourth-order valence-corrected chi connectivity index (χ4v) is 4.05. The maximum atomic E-state index is 13.8. The van der Waals surface area contributed by atoms with Gasteiger partial charge in [-0.3, -0.25) is 0 Å². The maximum absolute atomic E-state index is 13.8. The topological polar surface area (TPSA) is 85.5 Å². The van der Waals surface area contributed by atoms with E-state index in [4.69, 9.17) is 9.26 Å². The third-order valence-corrected chi connectivity index (χ3v) is 6.19. The molecule has 0 aliphatic rings. The Balaban J connectivity index is 1.59. The zero-order valence-electron chi connectivity index (χ0n) is 16.7. The number of aryl methyl sites for hydroxylation is 2. The molecular weight excluding hydrogens is 416 g/mol. The van der Waals surface area contributed by atoms with Crippen LogP contribution in [0.4, 0.5) is 8.78 Å². The number of aromatic nitrogens is 2. The van der Waals surface area contributed by atoms with Gasteiger partial charge in [0.05, 0.1) is 0 Å². The molecule has 0 N–H and O–H groups in total. The quantitative estimate of drug-likeness (QED) is 0.537. The highest BCUT2D eigenvalue weighted by atomic mass is 32.2. The minimum Gasteiger partial charge on any atom is -0.484 e. The number of ether oxygens (including phenoxy) is 1. The molecule has 7 nitrogen and oxygen atoms in total. The summed E-state index contributed by atoms with van der Waals surface area (Å²) < 4.78 is 63.6. The van der Waals surface area contributed by atoms with Crippen molar-refractivity contribution < 1.29 is 26.5 Å². The average molecular weight is 437 g/mol. The molecular formula is C20H21F2N3O4S. The lowest BCUT2D eigenvalue weighted by Crippen LogP contribution is -2.30. The summed E-state index contributed by atoms with van der Waals surface area (Å²) in [6.07, 6.45) is 0.144. The number of hydrogen-bond acceptors (Lipinski definition) is 6. The van der Waals surface area contributed by atoms with Crippen molar-refractivity contribution in [2.75, 3.05) is 13.6 Å². The number of rotatable bonds is 8. The highest BCUT2D eigenvalue weighted by Crippen LogP contribution is 2.20. The first-order chi connectivity index (χ1) is 14.1. The van der Waals surface area contributed by atoms with Gasteiger partial charge in [-0.1, -0.05) is 11.2 Å². The first-order valence-electron chi connectivity index (χ1n) is 9.09. The lowest BCUT2D eigenvalue weighted by Gasteiger charge is -2.16. The predicted octanol–water partition coefficient (Wildman–Crippen LogP) is 3.41. The van der Waals surface area contributed by atoms with Gasteiger partial charge < -0.3 is 9.26 Å². The van der Waals surface area contributed by atoms with Crippen LogP contribution < -0.4 is 4.74 Å². The third-order valence-electron chi connectivity index (χ3n) is 4.30. The molecule has 2 aromatic carbocycles. The summed E-state index contributed by atoms with van der Waals surface area (Å²) >= 11 is 0. The minimum atomic E-state index is -4.12. The van der Waals surface area contributed by atoms with Crippen LogP contribution in [-0.2, 0) is 23.1 Å². The van der Waals surface area contributed by atoms with E-state index in [9.17, 15) is 17.2 Å². The van der Waals surface area contributed by atoms with E-state index in [0.29, 0.717) is 11.8 Å². The lowest BCUT2D eigenvalue weighted by molar-refractivity contribution is 0.242. The summed E-state index contributed by atoms with van der Waals surface area (Å²) in [5.41, 5.74) is 2.14. The fraction of sp³-hybridized carbons (Fsp3) is 0.300. The second-order valence-corrected chi connectivity index (χ2v) is 8.88. The van der Waals surface area contributed by atoms with Crippen molar-refractivity contribution in [3.63, 3.8) is 0 Å². The van der Waals surface area contributed by atoms with Gasteiger partial charge in [-0.05, 0) is 49.2 Å². The highest BCUT2D eigenvalue weighted by molar-refractivity contribution is 7.89. The number of benzene rings is 2. The predicted molar refractivity (Wildman–Crippen MR) is 104 cm³/mol. The molecule has 3 rings (SSSR count). The van der Waals surface area contributed by atoms with Crippen LogP contribution in [0.2, 0.25) is 0 Å². The smallest absolute Gasteiger partial charge is 0.264 e. The molecule has 0 radical (unpaired) electrons. The molecule has 30 heavy (non-hydrogen) atoms. The van der Waals surface area contributed by atoms with Crippen LogP contribution in [0, 0.1) is 25.5 Å². The monoisotopic (exact) mass is 437 g/mol.